The van der Waals surface area contributed by atoms with Gasteiger partial charge in [0.05, 0.1) is 12.1 Å². The van der Waals surface area contributed by atoms with Gasteiger partial charge in [-0.25, -0.2) is 0 Å². The van der Waals surface area contributed by atoms with Gasteiger partial charge in [-0.1, -0.05) is 6.58 Å². The second-order valence-corrected chi connectivity index (χ2v) is 3.45. The Labute approximate surface area is 82.2 Å². The maximum atomic E-state index is 11.4. The zero-order chi connectivity index (χ0) is 10.7. The minimum atomic E-state index is -0.509. The minimum absolute atomic E-state index is 0.289. The first-order valence-corrected chi connectivity index (χ1v) is 4.43. The van der Waals surface area contributed by atoms with E-state index >= 15 is 0 Å². The number of β-amino-alcohol motifs (C(OH)–C–C–N with tert-alkyl or cyclic N) is 1. The van der Waals surface area contributed by atoms with Crippen LogP contribution >= 0.6 is 0 Å². The Hall–Kier alpha value is -1.20. The zero-order valence-corrected chi connectivity index (χ0v) is 8.04. The van der Waals surface area contributed by atoms with Gasteiger partial charge in [0, 0.05) is 12.1 Å². The number of hydrogen-bond donors (Lipinski definition) is 3. The topological polar surface area (TPSA) is 78.4 Å². The molecule has 0 aromatic rings. The molecule has 0 aromatic heterocycles. The molecule has 1 rings (SSSR count). The summed E-state index contributed by atoms with van der Waals surface area (Å²) in [5, 5.41) is 14.1. The maximum Gasteiger partial charge on any atom is 0.252 e. The second-order valence-electron chi connectivity index (χ2n) is 3.45. The Morgan fingerprint density at radius 1 is 1.57 bits per heavy atom. The van der Waals surface area contributed by atoms with Crippen molar-refractivity contribution in [2.75, 3.05) is 6.54 Å². The summed E-state index contributed by atoms with van der Waals surface area (Å²) in [4.78, 5) is 22.4. The fraction of sp³-hybridized carbons (Fsp3) is 0.556. The molecule has 3 N–H and O–H groups in total. The van der Waals surface area contributed by atoms with Gasteiger partial charge in [0.1, 0.15) is 0 Å². The maximum absolute atomic E-state index is 11.4. The van der Waals surface area contributed by atoms with Crippen molar-refractivity contribution in [3.8, 4) is 0 Å². The summed E-state index contributed by atoms with van der Waals surface area (Å²) in [5.41, 5.74) is 0.289. The van der Waals surface area contributed by atoms with Crippen LogP contribution in [0.1, 0.15) is 13.3 Å². The molecule has 1 saturated heterocycles. The van der Waals surface area contributed by atoms with E-state index in [2.05, 4.69) is 17.2 Å². The molecule has 0 spiro atoms. The summed E-state index contributed by atoms with van der Waals surface area (Å²) in [6, 6.07) is -0.478. The van der Waals surface area contributed by atoms with Gasteiger partial charge >= 0.3 is 0 Å². The molecular formula is C9H14N2O3. The second kappa shape index (κ2) is 4.34. The van der Waals surface area contributed by atoms with Crippen molar-refractivity contribution in [3.05, 3.63) is 12.2 Å². The highest BCUT2D eigenvalue weighted by Crippen LogP contribution is 2.06. The average molecular weight is 198 g/mol. The van der Waals surface area contributed by atoms with Crippen molar-refractivity contribution >= 4 is 11.8 Å². The number of carbonyl (C=O) groups excluding carboxylic acids is 2. The number of carbonyl (C=O) groups is 2. The normalized spacial score (nSPS) is 25.9. The predicted octanol–water partition coefficient (Wildman–Crippen LogP) is -1.07. The molecule has 2 amide bonds. The van der Waals surface area contributed by atoms with E-state index in [1.807, 2.05) is 0 Å². The zero-order valence-electron chi connectivity index (χ0n) is 8.04. The van der Waals surface area contributed by atoms with Crippen LogP contribution in [0.4, 0.5) is 0 Å². The molecule has 78 valence electrons. The van der Waals surface area contributed by atoms with E-state index in [-0.39, 0.29) is 5.57 Å². The first-order chi connectivity index (χ1) is 6.50. The Bertz CT molecular complexity index is 275. The first kappa shape index (κ1) is 10.9. The van der Waals surface area contributed by atoms with Crippen LogP contribution in [0, 0.1) is 0 Å². The van der Waals surface area contributed by atoms with Crippen LogP contribution in [0.25, 0.3) is 0 Å². The molecule has 0 saturated carbocycles. The van der Waals surface area contributed by atoms with Crippen LogP contribution in [0.15, 0.2) is 12.2 Å². The van der Waals surface area contributed by atoms with Crippen molar-refractivity contribution in [1.29, 1.82) is 0 Å². The molecule has 5 heteroatoms. The lowest BCUT2D eigenvalue weighted by molar-refractivity contribution is -0.129. The Balaban J connectivity index is 2.43. The average Bonchev–Trinajstić information content (AvgIpc) is 2.51. The predicted molar refractivity (Wildman–Crippen MR) is 50.4 cm³/mol. The molecule has 0 aromatic carbocycles. The van der Waals surface area contributed by atoms with E-state index in [9.17, 15) is 9.59 Å². The van der Waals surface area contributed by atoms with E-state index in [4.69, 9.17) is 5.11 Å². The van der Waals surface area contributed by atoms with Crippen LogP contribution in [0.5, 0.6) is 0 Å². The van der Waals surface area contributed by atoms with Gasteiger partial charge < -0.3 is 10.4 Å². The fourth-order valence-corrected chi connectivity index (χ4v) is 1.22. The standard InChI is InChI=1S/C9H14N2O3/c1-5(2)8(13)11-9(14)7-3-6(12)4-10-7/h6-7,10,12H,1,3-4H2,2H3,(H,11,13,14)/t6-,7+/m1/s1. The molecular weight excluding hydrogens is 184 g/mol. The highest BCUT2D eigenvalue weighted by Gasteiger charge is 2.28. The lowest BCUT2D eigenvalue weighted by atomic mass is 10.2. The monoisotopic (exact) mass is 198 g/mol. The SMILES string of the molecule is C=C(C)C(=O)NC(=O)[C@@H]1C[C@@H](O)CN1. The van der Waals surface area contributed by atoms with E-state index in [1.165, 1.54) is 6.92 Å². The molecule has 1 fully saturated rings. The molecule has 0 aliphatic carbocycles. The number of aliphatic hydroxyl groups excluding tert-OH is 1. The van der Waals surface area contributed by atoms with Gasteiger partial charge in [-0.2, -0.15) is 0 Å². The lowest BCUT2D eigenvalue weighted by Gasteiger charge is -2.09. The Kier molecular flexibility index (Phi) is 3.38. The van der Waals surface area contributed by atoms with Gasteiger partial charge in [-0.05, 0) is 13.3 Å². The van der Waals surface area contributed by atoms with E-state index in [0.29, 0.717) is 13.0 Å². The Morgan fingerprint density at radius 2 is 2.21 bits per heavy atom. The number of rotatable bonds is 2. The van der Waals surface area contributed by atoms with Crippen LogP contribution in [-0.2, 0) is 9.59 Å². The van der Waals surface area contributed by atoms with Crippen LogP contribution in [-0.4, -0.2) is 35.6 Å². The summed E-state index contributed by atoms with van der Waals surface area (Å²) < 4.78 is 0. The van der Waals surface area contributed by atoms with E-state index < -0.39 is 24.0 Å². The number of hydrogen-bond acceptors (Lipinski definition) is 4. The molecule has 2 atom stereocenters. The summed E-state index contributed by atoms with van der Waals surface area (Å²) in [6.07, 6.45) is -0.166. The Morgan fingerprint density at radius 3 is 2.64 bits per heavy atom. The summed E-state index contributed by atoms with van der Waals surface area (Å²) in [5.74, 6) is -0.882. The van der Waals surface area contributed by atoms with E-state index in [0.717, 1.165) is 0 Å². The van der Waals surface area contributed by atoms with Crippen molar-refractivity contribution < 1.29 is 14.7 Å². The van der Waals surface area contributed by atoms with Crippen molar-refractivity contribution in [2.24, 2.45) is 0 Å². The third-order valence-corrected chi connectivity index (χ3v) is 2.05. The minimum Gasteiger partial charge on any atom is -0.392 e. The number of amides is 2. The molecule has 0 unspecified atom stereocenters. The number of imide groups is 1. The quantitative estimate of drug-likeness (QED) is 0.494. The molecule has 5 nitrogen and oxygen atoms in total. The summed E-state index contributed by atoms with van der Waals surface area (Å²) >= 11 is 0. The van der Waals surface area contributed by atoms with Crippen LogP contribution in [0.3, 0.4) is 0 Å². The van der Waals surface area contributed by atoms with Crippen LogP contribution in [0.2, 0.25) is 0 Å². The molecule has 0 radical (unpaired) electrons. The van der Waals surface area contributed by atoms with Gasteiger partial charge in [-0.3, -0.25) is 14.9 Å². The van der Waals surface area contributed by atoms with Crippen molar-refractivity contribution in [3.63, 3.8) is 0 Å². The molecule has 14 heavy (non-hydrogen) atoms. The van der Waals surface area contributed by atoms with Gasteiger partial charge in [0.2, 0.25) is 5.91 Å². The van der Waals surface area contributed by atoms with Gasteiger partial charge in [0.25, 0.3) is 5.91 Å². The smallest absolute Gasteiger partial charge is 0.252 e. The third-order valence-electron chi connectivity index (χ3n) is 2.05. The van der Waals surface area contributed by atoms with Gasteiger partial charge in [-0.15, -0.1) is 0 Å². The highest BCUT2D eigenvalue weighted by molar-refractivity contribution is 6.05. The number of nitrogens with one attached hydrogen (secondary N) is 2. The van der Waals surface area contributed by atoms with Gasteiger partial charge in [0.15, 0.2) is 0 Å². The number of aliphatic hydroxyl groups is 1. The molecule has 1 aliphatic rings. The lowest BCUT2D eigenvalue weighted by Crippen LogP contribution is -2.43. The summed E-state index contributed by atoms with van der Waals surface area (Å²) in [6.45, 7) is 5.33. The van der Waals surface area contributed by atoms with Crippen molar-refractivity contribution in [1.82, 2.24) is 10.6 Å². The first-order valence-electron chi connectivity index (χ1n) is 4.43. The summed E-state index contributed by atoms with van der Waals surface area (Å²) in [7, 11) is 0. The fourth-order valence-electron chi connectivity index (χ4n) is 1.22. The van der Waals surface area contributed by atoms with Crippen molar-refractivity contribution in [2.45, 2.75) is 25.5 Å². The molecule has 1 aliphatic heterocycles. The largest absolute Gasteiger partial charge is 0.392 e. The molecule has 1 heterocycles. The third kappa shape index (κ3) is 2.65. The van der Waals surface area contributed by atoms with E-state index in [1.54, 1.807) is 0 Å². The van der Waals surface area contributed by atoms with Crippen LogP contribution < -0.4 is 10.6 Å². The molecule has 0 bridgehead atoms. The highest BCUT2D eigenvalue weighted by atomic mass is 16.3.